The van der Waals surface area contributed by atoms with E-state index in [4.69, 9.17) is 0 Å². The van der Waals surface area contributed by atoms with Crippen LogP contribution in [0.5, 0.6) is 0 Å². The van der Waals surface area contributed by atoms with Crippen LogP contribution in [0.15, 0.2) is 102 Å². The second-order valence-corrected chi connectivity index (χ2v) is 16.1. The molecular formula is C44H53NO5S. The van der Waals surface area contributed by atoms with Gasteiger partial charge in [-0.05, 0) is 104 Å². The van der Waals surface area contributed by atoms with Crippen molar-refractivity contribution in [3.63, 3.8) is 0 Å². The maximum absolute atomic E-state index is 14.9. The Morgan fingerprint density at radius 3 is 2.53 bits per heavy atom. The van der Waals surface area contributed by atoms with Gasteiger partial charge in [0.1, 0.15) is 0 Å². The molecule has 2 bridgehead atoms. The van der Waals surface area contributed by atoms with Crippen LogP contribution in [-0.4, -0.2) is 75.2 Å². The number of benzene rings is 3. The molecule has 0 radical (unpaired) electrons. The first kappa shape index (κ1) is 37.3. The molecule has 3 aliphatic rings. The number of aliphatic hydroxyl groups is 4. The third kappa shape index (κ3) is 8.46. The highest BCUT2D eigenvalue weighted by Gasteiger charge is 2.57. The smallest absolute Gasteiger partial charge is 0.193 e. The van der Waals surface area contributed by atoms with Crippen molar-refractivity contribution in [2.24, 2.45) is 5.41 Å². The van der Waals surface area contributed by atoms with Crippen molar-refractivity contribution in [2.45, 2.75) is 88.9 Å². The van der Waals surface area contributed by atoms with Crippen molar-refractivity contribution in [1.29, 1.82) is 0 Å². The predicted molar refractivity (Wildman–Crippen MR) is 206 cm³/mol. The van der Waals surface area contributed by atoms with Gasteiger partial charge < -0.3 is 20.4 Å². The third-order valence-electron chi connectivity index (χ3n) is 11.6. The summed E-state index contributed by atoms with van der Waals surface area (Å²) in [7, 11) is 0. The van der Waals surface area contributed by atoms with Crippen LogP contribution < -0.4 is 0 Å². The molecule has 0 aliphatic heterocycles. The number of thiophene rings is 1. The summed E-state index contributed by atoms with van der Waals surface area (Å²) in [5.74, 6) is -0.159. The average Bonchev–Trinajstić information content (AvgIpc) is 3.75. The van der Waals surface area contributed by atoms with E-state index in [9.17, 15) is 25.2 Å². The molecule has 1 aromatic heterocycles. The summed E-state index contributed by atoms with van der Waals surface area (Å²) in [6, 6.07) is 28.1. The van der Waals surface area contributed by atoms with Crippen molar-refractivity contribution in [3.05, 3.63) is 129 Å². The molecule has 3 aliphatic carbocycles. The molecule has 0 spiro atoms. The van der Waals surface area contributed by atoms with Crippen LogP contribution in [0.4, 0.5) is 0 Å². The quantitative estimate of drug-likeness (QED) is 0.0948. The van der Waals surface area contributed by atoms with Crippen molar-refractivity contribution in [3.8, 4) is 11.1 Å². The summed E-state index contributed by atoms with van der Waals surface area (Å²) in [5.41, 5.74) is 4.52. The molecule has 51 heavy (non-hydrogen) atoms. The van der Waals surface area contributed by atoms with Gasteiger partial charge in [-0.15, -0.1) is 11.3 Å². The first-order valence-corrected chi connectivity index (χ1v) is 19.4. The third-order valence-corrected chi connectivity index (χ3v) is 12.5. The lowest BCUT2D eigenvalue weighted by atomic mass is 9.64. The number of carbonyl (C=O) groups excluding carboxylic acids is 1. The van der Waals surface area contributed by atoms with E-state index in [2.05, 4.69) is 48.4 Å². The highest BCUT2D eigenvalue weighted by Crippen LogP contribution is 2.59. The second kappa shape index (κ2) is 16.5. The summed E-state index contributed by atoms with van der Waals surface area (Å²) in [6.07, 6.45) is 6.26. The minimum atomic E-state index is -1.11. The van der Waals surface area contributed by atoms with Gasteiger partial charge in [-0.25, -0.2) is 0 Å². The number of fused-ring (bicyclic) bond motifs is 8. The molecule has 7 rings (SSSR count). The fourth-order valence-electron chi connectivity index (χ4n) is 8.58. The van der Waals surface area contributed by atoms with Crippen LogP contribution >= 0.6 is 11.3 Å². The van der Waals surface area contributed by atoms with Gasteiger partial charge in [-0.2, -0.15) is 0 Å². The molecule has 1 fully saturated rings. The zero-order valence-electron chi connectivity index (χ0n) is 30.0. The van der Waals surface area contributed by atoms with Crippen molar-refractivity contribution < 1.29 is 25.2 Å². The van der Waals surface area contributed by atoms with Gasteiger partial charge in [0.25, 0.3) is 0 Å². The molecule has 4 N–H and O–H groups in total. The van der Waals surface area contributed by atoms with Crippen LogP contribution in [0.2, 0.25) is 0 Å². The monoisotopic (exact) mass is 707 g/mol. The molecule has 1 saturated carbocycles. The van der Waals surface area contributed by atoms with E-state index < -0.39 is 23.2 Å². The molecule has 5 unspecified atom stereocenters. The summed E-state index contributed by atoms with van der Waals surface area (Å²) in [6.45, 7) is 5.25. The van der Waals surface area contributed by atoms with E-state index in [-0.39, 0.29) is 24.9 Å². The lowest BCUT2D eigenvalue weighted by Crippen LogP contribution is -2.54. The zero-order chi connectivity index (χ0) is 36.0. The van der Waals surface area contributed by atoms with Crippen LogP contribution in [0, 0.1) is 5.41 Å². The molecular weight excluding hydrogens is 655 g/mol. The fraction of sp³-hybridized carbons (Fsp3) is 0.432. The number of allylic oxidation sites excluding steroid dienone is 2. The standard InChI is InChI=1S/C44H53NO5S/c1-31-10-8-22-43(2)41(20-23-44(43,50)30-45(28-35(48)29-46)24-21-36-13-9-25-51-36)38-19-17-32(26-34(47)18-16-31)27-40(38)42(49)39-15-7-6-14-37(39)33-11-4-3-5-12-33/h3-7,9-15,17,19,25,27,34-35,41,46-48,50H,8,16,18,20-24,26,28-30H2,1-2H3. The predicted octanol–water partition coefficient (Wildman–Crippen LogP) is 7.58. The Hall–Kier alpha value is -3.43. The first-order valence-electron chi connectivity index (χ1n) is 18.5. The molecule has 3 aromatic carbocycles. The molecule has 6 nitrogen and oxygen atoms in total. The Balaban J connectivity index is 1.43. The fourth-order valence-corrected chi connectivity index (χ4v) is 9.27. The lowest BCUT2D eigenvalue weighted by Gasteiger charge is -2.46. The number of ketones is 1. The highest BCUT2D eigenvalue weighted by atomic mass is 32.1. The molecule has 0 saturated heterocycles. The summed E-state index contributed by atoms with van der Waals surface area (Å²) in [5, 5.41) is 46.4. The Morgan fingerprint density at radius 2 is 1.76 bits per heavy atom. The lowest BCUT2D eigenvalue weighted by molar-refractivity contribution is -0.0889. The molecule has 0 amide bonds. The maximum Gasteiger partial charge on any atom is 0.193 e. The Morgan fingerprint density at radius 1 is 0.980 bits per heavy atom. The van der Waals surface area contributed by atoms with Crippen LogP contribution in [0.1, 0.15) is 90.2 Å². The van der Waals surface area contributed by atoms with E-state index in [1.165, 1.54) is 10.5 Å². The Kier molecular flexibility index (Phi) is 12.1. The SMILES string of the molecule is CC1=CCCC2(C)C(CCC2(O)CN(CCc2cccs2)CC(O)CO)c2ccc(cc2C(=O)c2ccccc2-c2ccccc2)CC(O)CC1. The zero-order valence-corrected chi connectivity index (χ0v) is 30.8. The van der Waals surface area contributed by atoms with Crippen molar-refractivity contribution in [1.82, 2.24) is 4.90 Å². The molecule has 5 atom stereocenters. The number of aliphatic hydroxyl groups excluding tert-OH is 3. The Labute approximate surface area is 307 Å². The van der Waals surface area contributed by atoms with E-state index in [1.807, 2.05) is 66.7 Å². The second-order valence-electron chi connectivity index (χ2n) is 15.1. The molecule has 1 heterocycles. The van der Waals surface area contributed by atoms with Crippen LogP contribution in [-0.2, 0) is 12.8 Å². The van der Waals surface area contributed by atoms with Gasteiger partial charge >= 0.3 is 0 Å². The van der Waals surface area contributed by atoms with Gasteiger partial charge in [0.2, 0.25) is 0 Å². The first-order chi connectivity index (χ1) is 24.6. The molecule has 4 aromatic rings. The van der Waals surface area contributed by atoms with Gasteiger partial charge in [0.15, 0.2) is 5.78 Å². The minimum Gasteiger partial charge on any atom is -0.394 e. The number of hydrogen-bond donors (Lipinski definition) is 4. The van der Waals surface area contributed by atoms with Gasteiger partial charge in [0, 0.05) is 41.1 Å². The largest absolute Gasteiger partial charge is 0.394 e. The molecule has 7 heteroatoms. The number of nitrogens with zero attached hydrogens (tertiary/aromatic N) is 1. The van der Waals surface area contributed by atoms with Crippen molar-refractivity contribution >= 4 is 17.1 Å². The van der Waals surface area contributed by atoms with E-state index >= 15 is 0 Å². The topological polar surface area (TPSA) is 101 Å². The highest BCUT2D eigenvalue weighted by molar-refractivity contribution is 7.09. The average molecular weight is 708 g/mol. The normalized spacial score (nSPS) is 24.6. The van der Waals surface area contributed by atoms with Crippen molar-refractivity contribution in [2.75, 3.05) is 26.2 Å². The van der Waals surface area contributed by atoms with Gasteiger partial charge in [-0.1, -0.05) is 91.4 Å². The van der Waals surface area contributed by atoms with E-state index in [1.54, 1.807) is 11.3 Å². The van der Waals surface area contributed by atoms with Gasteiger partial charge in [-0.3, -0.25) is 9.69 Å². The van der Waals surface area contributed by atoms with Crippen LogP contribution in [0.3, 0.4) is 0 Å². The number of carbonyl (C=O) groups is 1. The summed E-state index contributed by atoms with van der Waals surface area (Å²) in [4.78, 5) is 18.3. The maximum atomic E-state index is 14.9. The van der Waals surface area contributed by atoms with E-state index in [0.717, 1.165) is 41.5 Å². The van der Waals surface area contributed by atoms with Gasteiger partial charge in [0.05, 0.1) is 24.4 Å². The number of hydrogen-bond acceptors (Lipinski definition) is 7. The summed E-state index contributed by atoms with van der Waals surface area (Å²) < 4.78 is 0. The minimum absolute atomic E-state index is 0.0509. The summed E-state index contributed by atoms with van der Waals surface area (Å²) >= 11 is 1.70. The molecule has 270 valence electrons. The Bertz CT molecular complexity index is 1790. The van der Waals surface area contributed by atoms with E-state index in [0.29, 0.717) is 56.3 Å². The number of rotatable bonds is 11. The van der Waals surface area contributed by atoms with Crippen LogP contribution in [0.25, 0.3) is 11.1 Å².